The van der Waals surface area contributed by atoms with E-state index >= 15 is 0 Å². The van der Waals surface area contributed by atoms with Crippen LogP contribution in [0.15, 0.2) is 42.5 Å². The number of nitro benzene ring substituents is 1. The number of nitrogens with zero attached hydrogens (tertiary/aromatic N) is 1. The lowest BCUT2D eigenvalue weighted by Gasteiger charge is -2.16. The molecule has 0 heterocycles. The fourth-order valence-electron chi connectivity index (χ4n) is 2.23. The highest BCUT2D eigenvalue weighted by molar-refractivity contribution is 5.99. The lowest BCUT2D eigenvalue weighted by Crippen LogP contribution is -2.30. The van der Waals surface area contributed by atoms with Crippen molar-refractivity contribution in [1.82, 2.24) is 0 Å². The van der Waals surface area contributed by atoms with Gasteiger partial charge in [-0.15, -0.1) is 0 Å². The number of non-ortho nitro benzene ring substituents is 1. The van der Waals surface area contributed by atoms with Crippen molar-refractivity contribution in [3.05, 3.63) is 58.1 Å². The zero-order valence-corrected chi connectivity index (χ0v) is 14.9. The van der Waals surface area contributed by atoms with Crippen molar-refractivity contribution in [2.75, 3.05) is 19.5 Å². The number of rotatable bonds is 7. The first kappa shape index (κ1) is 19.7. The topological polar surface area (TPSA) is 117 Å². The number of esters is 1. The van der Waals surface area contributed by atoms with Crippen molar-refractivity contribution >= 4 is 23.3 Å². The molecule has 2 aromatic rings. The van der Waals surface area contributed by atoms with Crippen LogP contribution < -0.4 is 14.8 Å². The third-order valence-electron chi connectivity index (χ3n) is 3.63. The van der Waals surface area contributed by atoms with Gasteiger partial charge in [0, 0.05) is 12.1 Å². The number of benzene rings is 2. The average Bonchev–Trinajstić information content (AvgIpc) is 2.67. The van der Waals surface area contributed by atoms with E-state index in [-0.39, 0.29) is 22.7 Å². The molecule has 0 spiro atoms. The molecule has 0 saturated heterocycles. The van der Waals surface area contributed by atoms with Crippen LogP contribution >= 0.6 is 0 Å². The second kappa shape index (κ2) is 8.65. The number of carbonyl (C=O) groups is 2. The standard InChI is InChI=1S/C18H18N2O7/c1-11(27-18(22)13-6-4-5-7-15(13)25-2)17(21)19-14-10-12(20(23)24)8-9-16(14)26-3/h4-11H,1-3H3,(H,19,21). The van der Waals surface area contributed by atoms with E-state index in [2.05, 4.69) is 5.32 Å². The molecule has 1 unspecified atom stereocenters. The molecule has 0 radical (unpaired) electrons. The summed E-state index contributed by atoms with van der Waals surface area (Å²) < 4.78 is 15.3. The van der Waals surface area contributed by atoms with Crippen LogP contribution in [0.1, 0.15) is 17.3 Å². The van der Waals surface area contributed by atoms with E-state index in [0.717, 1.165) is 6.07 Å². The molecule has 9 heteroatoms. The van der Waals surface area contributed by atoms with Crippen LogP contribution in [0, 0.1) is 10.1 Å². The van der Waals surface area contributed by atoms with Crippen molar-refractivity contribution in [3.8, 4) is 11.5 Å². The summed E-state index contributed by atoms with van der Waals surface area (Å²) in [5.74, 6) is -0.856. The lowest BCUT2D eigenvalue weighted by molar-refractivity contribution is -0.384. The average molecular weight is 374 g/mol. The predicted molar refractivity (Wildman–Crippen MR) is 96.1 cm³/mol. The molecular formula is C18H18N2O7. The third-order valence-corrected chi connectivity index (χ3v) is 3.63. The van der Waals surface area contributed by atoms with E-state index < -0.39 is 22.9 Å². The van der Waals surface area contributed by atoms with Crippen LogP contribution in [0.4, 0.5) is 11.4 Å². The van der Waals surface area contributed by atoms with Crippen molar-refractivity contribution < 1.29 is 28.7 Å². The van der Waals surface area contributed by atoms with Crippen LogP contribution in [0.5, 0.6) is 11.5 Å². The van der Waals surface area contributed by atoms with Gasteiger partial charge in [-0.1, -0.05) is 12.1 Å². The Bertz CT molecular complexity index is 867. The van der Waals surface area contributed by atoms with Gasteiger partial charge in [-0.25, -0.2) is 4.79 Å². The summed E-state index contributed by atoms with van der Waals surface area (Å²) in [6, 6.07) is 10.2. The first-order chi connectivity index (χ1) is 12.9. The van der Waals surface area contributed by atoms with Gasteiger partial charge in [-0.05, 0) is 25.1 Å². The van der Waals surface area contributed by atoms with Gasteiger partial charge >= 0.3 is 5.97 Å². The number of hydrogen-bond acceptors (Lipinski definition) is 7. The van der Waals surface area contributed by atoms with Crippen LogP contribution in [0.2, 0.25) is 0 Å². The second-order valence-electron chi connectivity index (χ2n) is 5.38. The number of nitrogens with one attached hydrogen (secondary N) is 1. The molecule has 1 atom stereocenters. The minimum atomic E-state index is -1.16. The largest absolute Gasteiger partial charge is 0.496 e. The fraction of sp³-hybridized carbons (Fsp3) is 0.222. The Balaban J connectivity index is 2.13. The number of nitro groups is 1. The number of methoxy groups -OCH3 is 2. The van der Waals surface area contributed by atoms with E-state index in [0.29, 0.717) is 5.75 Å². The zero-order valence-electron chi connectivity index (χ0n) is 14.9. The Morgan fingerprint density at radius 2 is 1.74 bits per heavy atom. The smallest absolute Gasteiger partial charge is 0.342 e. The molecule has 0 aliphatic carbocycles. The van der Waals surface area contributed by atoms with Gasteiger partial charge < -0.3 is 19.5 Å². The van der Waals surface area contributed by atoms with E-state index in [9.17, 15) is 19.7 Å². The molecular weight excluding hydrogens is 356 g/mol. The van der Waals surface area contributed by atoms with Gasteiger partial charge in [0.2, 0.25) is 0 Å². The maximum Gasteiger partial charge on any atom is 0.342 e. The maximum absolute atomic E-state index is 12.3. The molecule has 142 valence electrons. The molecule has 1 amide bonds. The summed E-state index contributed by atoms with van der Waals surface area (Å²) in [5, 5.41) is 13.4. The van der Waals surface area contributed by atoms with Crippen LogP contribution in [0.25, 0.3) is 0 Å². The summed E-state index contributed by atoms with van der Waals surface area (Å²) in [7, 11) is 2.78. The van der Waals surface area contributed by atoms with Gasteiger partial charge in [-0.2, -0.15) is 0 Å². The Kier molecular flexibility index (Phi) is 6.32. The highest BCUT2D eigenvalue weighted by Gasteiger charge is 2.23. The Morgan fingerprint density at radius 1 is 1.07 bits per heavy atom. The molecule has 1 N–H and O–H groups in total. The molecule has 0 aliphatic rings. The Hall–Kier alpha value is -3.62. The second-order valence-corrected chi connectivity index (χ2v) is 5.38. The first-order valence-corrected chi connectivity index (χ1v) is 7.84. The molecule has 2 aromatic carbocycles. The van der Waals surface area contributed by atoms with E-state index in [1.165, 1.54) is 39.3 Å². The number of anilines is 1. The van der Waals surface area contributed by atoms with Crippen molar-refractivity contribution in [2.45, 2.75) is 13.0 Å². The van der Waals surface area contributed by atoms with Gasteiger partial charge in [0.15, 0.2) is 6.10 Å². The van der Waals surface area contributed by atoms with E-state index in [1.807, 2.05) is 0 Å². The summed E-state index contributed by atoms with van der Waals surface area (Å²) >= 11 is 0. The van der Waals surface area contributed by atoms with Crippen LogP contribution in [0.3, 0.4) is 0 Å². The third kappa shape index (κ3) is 4.72. The highest BCUT2D eigenvalue weighted by atomic mass is 16.6. The van der Waals surface area contributed by atoms with Crippen molar-refractivity contribution in [3.63, 3.8) is 0 Å². The normalized spacial score (nSPS) is 11.2. The maximum atomic E-state index is 12.3. The Labute approximate surface area is 155 Å². The monoisotopic (exact) mass is 374 g/mol. The number of carbonyl (C=O) groups excluding carboxylic acids is 2. The summed E-state index contributed by atoms with van der Waals surface area (Å²) in [6.45, 7) is 1.38. The lowest BCUT2D eigenvalue weighted by atomic mass is 10.2. The number of amides is 1. The van der Waals surface area contributed by atoms with Gasteiger partial charge in [0.25, 0.3) is 11.6 Å². The summed E-state index contributed by atoms with van der Waals surface area (Å²) in [4.78, 5) is 34.9. The fourth-order valence-corrected chi connectivity index (χ4v) is 2.23. The van der Waals surface area contributed by atoms with E-state index in [1.54, 1.807) is 18.2 Å². The molecule has 0 aromatic heterocycles. The van der Waals surface area contributed by atoms with Crippen molar-refractivity contribution in [2.24, 2.45) is 0 Å². The quantitative estimate of drug-likeness (QED) is 0.450. The Morgan fingerprint density at radius 3 is 2.37 bits per heavy atom. The number of hydrogen-bond donors (Lipinski definition) is 1. The van der Waals surface area contributed by atoms with Crippen LogP contribution in [-0.2, 0) is 9.53 Å². The molecule has 2 rings (SSSR count). The first-order valence-electron chi connectivity index (χ1n) is 7.84. The van der Waals surface area contributed by atoms with Gasteiger partial charge in [0.05, 0.1) is 24.8 Å². The van der Waals surface area contributed by atoms with Gasteiger partial charge in [0.1, 0.15) is 17.1 Å². The molecule has 9 nitrogen and oxygen atoms in total. The molecule has 27 heavy (non-hydrogen) atoms. The molecule has 0 bridgehead atoms. The molecule has 0 fully saturated rings. The molecule has 0 aliphatic heterocycles. The predicted octanol–water partition coefficient (Wildman–Crippen LogP) is 2.80. The summed E-state index contributed by atoms with van der Waals surface area (Å²) in [6.07, 6.45) is -1.16. The van der Waals surface area contributed by atoms with Crippen LogP contribution in [-0.4, -0.2) is 37.1 Å². The SMILES string of the molecule is COc1ccc([N+](=O)[O-])cc1NC(=O)C(C)OC(=O)c1ccccc1OC. The number of para-hydroxylation sites is 1. The zero-order chi connectivity index (χ0) is 20.0. The highest BCUT2D eigenvalue weighted by Crippen LogP contribution is 2.29. The van der Waals surface area contributed by atoms with Gasteiger partial charge in [-0.3, -0.25) is 14.9 Å². The van der Waals surface area contributed by atoms with Crippen molar-refractivity contribution in [1.29, 1.82) is 0 Å². The number of ether oxygens (including phenoxy) is 3. The molecule has 0 saturated carbocycles. The minimum absolute atomic E-state index is 0.0943. The summed E-state index contributed by atoms with van der Waals surface area (Å²) in [5.41, 5.74) is 0.0502. The van der Waals surface area contributed by atoms with E-state index in [4.69, 9.17) is 14.2 Å². The minimum Gasteiger partial charge on any atom is -0.496 e.